The molecule has 0 radical (unpaired) electrons. The van der Waals surface area contributed by atoms with Crippen molar-refractivity contribution in [1.82, 2.24) is 9.97 Å². The fourth-order valence-electron chi connectivity index (χ4n) is 0.878. The van der Waals surface area contributed by atoms with E-state index in [4.69, 9.17) is 11.6 Å². The standard InChI is InChI=1S/C7H8ClIN2O2S/c1-4-6(9)7(8)11-5(10-4)3-14(2,12)13/h3H2,1-2H3. The second-order valence-electron chi connectivity index (χ2n) is 2.90. The lowest BCUT2D eigenvalue weighted by Gasteiger charge is -2.03. The number of hydrogen-bond donors (Lipinski definition) is 0. The van der Waals surface area contributed by atoms with Crippen LogP contribution in [0.4, 0.5) is 0 Å². The molecule has 0 aliphatic carbocycles. The Morgan fingerprint density at radius 1 is 1.43 bits per heavy atom. The molecule has 0 bridgehead atoms. The summed E-state index contributed by atoms with van der Waals surface area (Å²) < 4.78 is 22.7. The number of rotatable bonds is 2. The molecule has 0 fully saturated rings. The zero-order chi connectivity index (χ0) is 10.9. The number of hydrogen-bond acceptors (Lipinski definition) is 4. The zero-order valence-electron chi connectivity index (χ0n) is 7.58. The maximum Gasteiger partial charge on any atom is 0.154 e. The second kappa shape index (κ2) is 4.28. The van der Waals surface area contributed by atoms with Gasteiger partial charge in [-0.05, 0) is 29.5 Å². The lowest BCUT2D eigenvalue weighted by Crippen LogP contribution is -2.07. The van der Waals surface area contributed by atoms with Gasteiger partial charge in [-0.1, -0.05) is 11.6 Å². The molecule has 0 aliphatic heterocycles. The Kier molecular flexibility index (Phi) is 3.70. The minimum atomic E-state index is -3.11. The van der Waals surface area contributed by atoms with Gasteiger partial charge < -0.3 is 0 Å². The number of halogens is 2. The molecule has 0 saturated carbocycles. The average Bonchev–Trinajstić information content (AvgIpc) is 1.96. The van der Waals surface area contributed by atoms with Crippen molar-refractivity contribution in [3.05, 3.63) is 20.2 Å². The zero-order valence-corrected chi connectivity index (χ0v) is 11.3. The van der Waals surface area contributed by atoms with E-state index in [1.54, 1.807) is 6.92 Å². The van der Waals surface area contributed by atoms with Gasteiger partial charge in [0.15, 0.2) is 9.84 Å². The van der Waals surface area contributed by atoms with E-state index >= 15 is 0 Å². The van der Waals surface area contributed by atoms with Crippen molar-refractivity contribution in [2.45, 2.75) is 12.7 Å². The summed E-state index contributed by atoms with van der Waals surface area (Å²) in [6.45, 7) is 1.76. The highest BCUT2D eigenvalue weighted by atomic mass is 127. The van der Waals surface area contributed by atoms with Gasteiger partial charge in [-0.3, -0.25) is 0 Å². The van der Waals surface area contributed by atoms with Crippen LogP contribution in [0.3, 0.4) is 0 Å². The fourth-order valence-corrected chi connectivity index (χ4v) is 1.95. The molecular formula is C7H8ClIN2O2S. The summed E-state index contributed by atoms with van der Waals surface area (Å²) in [4.78, 5) is 7.92. The smallest absolute Gasteiger partial charge is 0.154 e. The minimum Gasteiger partial charge on any atom is -0.236 e. The molecule has 0 aromatic carbocycles. The van der Waals surface area contributed by atoms with Crippen molar-refractivity contribution < 1.29 is 8.42 Å². The van der Waals surface area contributed by atoms with Crippen LogP contribution < -0.4 is 0 Å². The molecule has 7 heteroatoms. The van der Waals surface area contributed by atoms with Crippen LogP contribution in [-0.2, 0) is 15.6 Å². The van der Waals surface area contributed by atoms with Crippen molar-refractivity contribution in [2.75, 3.05) is 6.26 Å². The van der Waals surface area contributed by atoms with Gasteiger partial charge in [0.05, 0.1) is 9.26 Å². The number of nitrogens with zero attached hydrogens (tertiary/aromatic N) is 2. The van der Waals surface area contributed by atoms with Crippen LogP contribution in [0.5, 0.6) is 0 Å². The van der Waals surface area contributed by atoms with E-state index in [0.717, 1.165) is 9.83 Å². The number of aryl methyl sites for hydroxylation is 1. The molecule has 0 saturated heterocycles. The Bertz CT molecular complexity index is 438. The van der Waals surface area contributed by atoms with Crippen LogP contribution in [-0.4, -0.2) is 24.6 Å². The molecule has 0 atom stereocenters. The first kappa shape index (κ1) is 12.1. The Balaban J connectivity index is 3.14. The Morgan fingerprint density at radius 3 is 2.43 bits per heavy atom. The predicted octanol–water partition coefficient (Wildman–Crippen LogP) is 1.59. The monoisotopic (exact) mass is 346 g/mol. The van der Waals surface area contributed by atoms with Gasteiger partial charge in [-0.15, -0.1) is 0 Å². The van der Waals surface area contributed by atoms with Gasteiger partial charge >= 0.3 is 0 Å². The van der Waals surface area contributed by atoms with Crippen molar-refractivity contribution in [1.29, 1.82) is 0 Å². The molecule has 0 amide bonds. The van der Waals surface area contributed by atoms with Crippen molar-refractivity contribution in [3.8, 4) is 0 Å². The van der Waals surface area contributed by atoms with Crippen LogP contribution in [0.15, 0.2) is 0 Å². The van der Waals surface area contributed by atoms with Crippen LogP contribution in [0.25, 0.3) is 0 Å². The lowest BCUT2D eigenvalue weighted by atomic mass is 10.4. The largest absolute Gasteiger partial charge is 0.236 e. The average molecular weight is 347 g/mol. The van der Waals surface area contributed by atoms with E-state index in [2.05, 4.69) is 9.97 Å². The van der Waals surface area contributed by atoms with Gasteiger partial charge in [0.1, 0.15) is 16.7 Å². The van der Waals surface area contributed by atoms with E-state index in [1.165, 1.54) is 0 Å². The van der Waals surface area contributed by atoms with E-state index in [-0.39, 0.29) is 11.6 Å². The molecule has 1 heterocycles. The van der Waals surface area contributed by atoms with Gasteiger partial charge in [0.25, 0.3) is 0 Å². The third-order valence-electron chi connectivity index (χ3n) is 1.41. The normalized spacial score (nSPS) is 11.7. The summed E-state index contributed by atoms with van der Waals surface area (Å²) in [5, 5.41) is 0.303. The molecule has 0 spiro atoms. The Morgan fingerprint density at radius 2 is 2.00 bits per heavy atom. The van der Waals surface area contributed by atoms with E-state index < -0.39 is 9.84 Å². The first-order valence-corrected chi connectivity index (χ1v) is 7.17. The number of sulfone groups is 1. The van der Waals surface area contributed by atoms with Crippen molar-refractivity contribution in [3.63, 3.8) is 0 Å². The minimum absolute atomic E-state index is 0.176. The SMILES string of the molecule is Cc1nc(CS(C)(=O)=O)nc(Cl)c1I. The molecule has 4 nitrogen and oxygen atoms in total. The molecule has 14 heavy (non-hydrogen) atoms. The van der Waals surface area contributed by atoms with Crippen LogP contribution in [0, 0.1) is 10.5 Å². The summed E-state index contributed by atoms with van der Waals surface area (Å²) in [6.07, 6.45) is 1.14. The Labute approximate surface area is 101 Å². The lowest BCUT2D eigenvalue weighted by molar-refractivity contribution is 0.599. The maximum absolute atomic E-state index is 11.0. The van der Waals surface area contributed by atoms with E-state index in [9.17, 15) is 8.42 Å². The van der Waals surface area contributed by atoms with Gasteiger partial charge in [-0.25, -0.2) is 18.4 Å². The quantitative estimate of drug-likeness (QED) is 0.603. The fraction of sp³-hybridized carbons (Fsp3) is 0.429. The first-order valence-electron chi connectivity index (χ1n) is 3.66. The van der Waals surface area contributed by atoms with Crippen molar-refractivity contribution in [2.24, 2.45) is 0 Å². The molecule has 0 aliphatic rings. The third-order valence-corrected chi connectivity index (χ3v) is 4.08. The molecule has 78 valence electrons. The molecular weight excluding hydrogens is 339 g/mol. The summed E-state index contributed by atoms with van der Waals surface area (Å²) in [6, 6.07) is 0. The van der Waals surface area contributed by atoms with Gasteiger partial charge in [-0.2, -0.15) is 0 Å². The predicted molar refractivity (Wildman–Crippen MR) is 63.0 cm³/mol. The van der Waals surface area contributed by atoms with Crippen LogP contribution in [0.2, 0.25) is 5.15 Å². The maximum atomic E-state index is 11.0. The summed E-state index contributed by atoms with van der Waals surface area (Å²) in [5.41, 5.74) is 0.698. The second-order valence-corrected chi connectivity index (χ2v) is 6.48. The van der Waals surface area contributed by atoms with Crippen molar-refractivity contribution >= 4 is 44.0 Å². The van der Waals surface area contributed by atoms with Gasteiger partial charge in [0, 0.05) is 6.26 Å². The van der Waals surface area contributed by atoms with Crippen LogP contribution >= 0.6 is 34.2 Å². The summed E-state index contributed by atoms with van der Waals surface area (Å²) >= 11 is 7.81. The van der Waals surface area contributed by atoms with Crippen LogP contribution in [0.1, 0.15) is 11.5 Å². The molecule has 1 rings (SSSR count). The first-order chi connectivity index (χ1) is 6.29. The molecule has 1 aromatic rings. The van der Waals surface area contributed by atoms with E-state index in [1.807, 2.05) is 22.6 Å². The Hall–Kier alpha value is 0.0500. The third kappa shape index (κ3) is 3.32. The molecule has 0 unspecified atom stereocenters. The summed E-state index contributed by atoms with van der Waals surface area (Å²) in [7, 11) is -3.11. The highest BCUT2D eigenvalue weighted by Crippen LogP contribution is 2.18. The molecule has 1 aromatic heterocycles. The van der Waals surface area contributed by atoms with E-state index in [0.29, 0.717) is 10.8 Å². The highest BCUT2D eigenvalue weighted by molar-refractivity contribution is 14.1. The molecule has 0 N–H and O–H groups in total. The highest BCUT2D eigenvalue weighted by Gasteiger charge is 2.11. The topological polar surface area (TPSA) is 59.9 Å². The number of aromatic nitrogens is 2. The summed E-state index contributed by atoms with van der Waals surface area (Å²) in [5.74, 6) is 0.0696. The van der Waals surface area contributed by atoms with Gasteiger partial charge in [0.2, 0.25) is 0 Å².